The van der Waals surface area contributed by atoms with Gasteiger partial charge in [-0.2, -0.15) is 0 Å². The van der Waals surface area contributed by atoms with E-state index in [9.17, 15) is 0 Å². The molecule has 0 N–H and O–H groups in total. The molecule has 1 aromatic heterocycles. The SMILES string of the molecule is CC(OCc1ccccc1Cl)c1nc(CCl)cs1. The molecule has 18 heavy (non-hydrogen) atoms. The molecule has 0 aliphatic rings. The summed E-state index contributed by atoms with van der Waals surface area (Å²) in [5, 5.41) is 3.63. The topological polar surface area (TPSA) is 22.1 Å². The molecule has 1 unspecified atom stereocenters. The molecule has 1 aromatic carbocycles. The molecule has 0 saturated heterocycles. The zero-order valence-electron chi connectivity index (χ0n) is 9.90. The summed E-state index contributed by atoms with van der Waals surface area (Å²) in [5.74, 6) is 0.438. The van der Waals surface area contributed by atoms with Gasteiger partial charge in [-0.15, -0.1) is 22.9 Å². The third-order valence-electron chi connectivity index (χ3n) is 2.50. The summed E-state index contributed by atoms with van der Waals surface area (Å²) in [7, 11) is 0. The van der Waals surface area contributed by atoms with Crippen LogP contribution in [-0.2, 0) is 17.2 Å². The van der Waals surface area contributed by atoms with Crippen LogP contribution in [-0.4, -0.2) is 4.98 Å². The van der Waals surface area contributed by atoms with E-state index in [0.29, 0.717) is 12.5 Å². The van der Waals surface area contributed by atoms with Gasteiger partial charge in [0.1, 0.15) is 11.1 Å². The molecule has 96 valence electrons. The van der Waals surface area contributed by atoms with Crippen molar-refractivity contribution < 1.29 is 4.74 Å². The van der Waals surface area contributed by atoms with Crippen LogP contribution < -0.4 is 0 Å². The highest BCUT2D eigenvalue weighted by Gasteiger charge is 2.11. The van der Waals surface area contributed by atoms with Crippen molar-refractivity contribution in [3.05, 3.63) is 50.9 Å². The summed E-state index contributed by atoms with van der Waals surface area (Å²) in [6.07, 6.45) is -0.0526. The molecular weight excluding hydrogens is 289 g/mol. The number of rotatable bonds is 5. The third-order valence-corrected chi connectivity index (χ3v) is 4.20. The Kier molecular flexibility index (Phi) is 5.01. The molecule has 1 atom stereocenters. The Labute approximate surface area is 121 Å². The number of ether oxygens (including phenoxy) is 1. The first kappa shape index (κ1) is 13.8. The number of aromatic nitrogens is 1. The van der Waals surface area contributed by atoms with E-state index in [0.717, 1.165) is 21.3 Å². The molecule has 0 spiro atoms. The van der Waals surface area contributed by atoms with E-state index in [1.54, 1.807) is 11.3 Å². The van der Waals surface area contributed by atoms with Crippen LogP contribution in [0.4, 0.5) is 0 Å². The van der Waals surface area contributed by atoms with E-state index < -0.39 is 0 Å². The highest BCUT2D eigenvalue weighted by atomic mass is 35.5. The van der Waals surface area contributed by atoms with Gasteiger partial charge in [-0.25, -0.2) is 4.98 Å². The molecule has 0 bridgehead atoms. The normalized spacial score (nSPS) is 12.6. The molecule has 2 rings (SSSR count). The van der Waals surface area contributed by atoms with Gasteiger partial charge in [0.25, 0.3) is 0 Å². The summed E-state index contributed by atoms with van der Waals surface area (Å²) in [5.41, 5.74) is 1.88. The Hall–Kier alpha value is -0.610. The Bertz CT molecular complexity index is 515. The first-order chi connectivity index (χ1) is 8.70. The number of hydrogen-bond donors (Lipinski definition) is 0. The van der Waals surface area contributed by atoms with Crippen LogP contribution in [0.2, 0.25) is 5.02 Å². The summed E-state index contributed by atoms with van der Waals surface area (Å²) >= 11 is 13.4. The number of thiazole rings is 1. The van der Waals surface area contributed by atoms with Crippen LogP contribution in [0, 0.1) is 0 Å². The number of alkyl halides is 1. The zero-order chi connectivity index (χ0) is 13.0. The highest BCUT2D eigenvalue weighted by molar-refractivity contribution is 7.09. The highest BCUT2D eigenvalue weighted by Crippen LogP contribution is 2.24. The van der Waals surface area contributed by atoms with E-state index in [1.807, 2.05) is 36.6 Å². The van der Waals surface area contributed by atoms with Crippen LogP contribution in [0.5, 0.6) is 0 Å². The van der Waals surface area contributed by atoms with Gasteiger partial charge in [-0.05, 0) is 18.6 Å². The van der Waals surface area contributed by atoms with Gasteiger partial charge in [0.2, 0.25) is 0 Å². The van der Waals surface area contributed by atoms with Gasteiger partial charge in [0, 0.05) is 10.4 Å². The first-order valence-corrected chi connectivity index (χ1v) is 7.35. The summed E-state index contributed by atoms with van der Waals surface area (Å²) in [6.45, 7) is 2.46. The monoisotopic (exact) mass is 301 g/mol. The largest absolute Gasteiger partial charge is 0.367 e. The Balaban J connectivity index is 1.96. The molecule has 0 saturated carbocycles. The van der Waals surface area contributed by atoms with Crippen molar-refractivity contribution >= 4 is 34.5 Å². The van der Waals surface area contributed by atoms with E-state index in [2.05, 4.69) is 4.98 Å². The van der Waals surface area contributed by atoms with Gasteiger partial charge in [-0.3, -0.25) is 0 Å². The molecule has 1 heterocycles. The number of nitrogens with zero attached hydrogens (tertiary/aromatic N) is 1. The molecule has 0 amide bonds. The fraction of sp³-hybridized carbons (Fsp3) is 0.308. The second-order valence-corrected chi connectivity index (χ2v) is 5.42. The van der Waals surface area contributed by atoms with Crippen molar-refractivity contribution in [1.29, 1.82) is 0 Å². The van der Waals surface area contributed by atoms with Gasteiger partial charge >= 0.3 is 0 Å². The van der Waals surface area contributed by atoms with Gasteiger partial charge < -0.3 is 4.74 Å². The average Bonchev–Trinajstić information content (AvgIpc) is 2.86. The van der Waals surface area contributed by atoms with E-state index in [1.165, 1.54) is 0 Å². The van der Waals surface area contributed by atoms with Gasteiger partial charge in [0.15, 0.2) is 0 Å². The average molecular weight is 302 g/mol. The fourth-order valence-electron chi connectivity index (χ4n) is 1.47. The molecule has 2 aromatic rings. The lowest BCUT2D eigenvalue weighted by Crippen LogP contribution is -2.00. The maximum absolute atomic E-state index is 6.07. The van der Waals surface area contributed by atoms with E-state index in [4.69, 9.17) is 27.9 Å². The Morgan fingerprint density at radius 1 is 1.39 bits per heavy atom. The summed E-state index contributed by atoms with van der Waals surface area (Å²) in [4.78, 5) is 4.39. The van der Waals surface area contributed by atoms with Crippen molar-refractivity contribution in [2.24, 2.45) is 0 Å². The second-order valence-electron chi connectivity index (χ2n) is 3.86. The minimum absolute atomic E-state index is 0.0526. The van der Waals surface area contributed by atoms with Crippen molar-refractivity contribution in [3.63, 3.8) is 0 Å². The molecule has 5 heteroatoms. The third kappa shape index (κ3) is 3.45. The minimum Gasteiger partial charge on any atom is -0.367 e. The lowest BCUT2D eigenvalue weighted by molar-refractivity contribution is 0.0524. The lowest BCUT2D eigenvalue weighted by atomic mass is 10.2. The maximum atomic E-state index is 6.07. The Morgan fingerprint density at radius 2 is 2.17 bits per heavy atom. The smallest absolute Gasteiger partial charge is 0.122 e. The maximum Gasteiger partial charge on any atom is 0.122 e. The summed E-state index contributed by atoms with van der Waals surface area (Å²) < 4.78 is 5.77. The number of hydrogen-bond acceptors (Lipinski definition) is 3. The standard InChI is InChI=1S/C13H13Cl2NOS/c1-9(13-16-11(6-14)8-18-13)17-7-10-4-2-3-5-12(10)15/h2-5,8-9H,6-7H2,1H3. The fourth-order valence-corrected chi connectivity index (χ4v) is 2.71. The van der Waals surface area contributed by atoms with Gasteiger partial charge in [-0.1, -0.05) is 29.8 Å². The molecule has 0 radical (unpaired) electrons. The number of halogens is 2. The molecule has 0 aliphatic heterocycles. The minimum atomic E-state index is -0.0526. The molecule has 2 nitrogen and oxygen atoms in total. The molecule has 0 fully saturated rings. The van der Waals surface area contributed by atoms with E-state index in [-0.39, 0.29) is 6.10 Å². The van der Waals surface area contributed by atoms with Crippen LogP contribution in [0.3, 0.4) is 0 Å². The van der Waals surface area contributed by atoms with Crippen LogP contribution in [0.15, 0.2) is 29.6 Å². The molecular formula is C13H13Cl2NOS. The van der Waals surface area contributed by atoms with Crippen molar-refractivity contribution in [3.8, 4) is 0 Å². The van der Waals surface area contributed by atoms with Crippen LogP contribution in [0.1, 0.15) is 29.3 Å². The molecule has 0 aliphatic carbocycles. The zero-order valence-corrected chi connectivity index (χ0v) is 12.2. The van der Waals surface area contributed by atoms with Crippen LogP contribution >= 0.6 is 34.5 Å². The number of benzene rings is 1. The van der Waals surface area contributed by atoms with Crippen molar-refractivity contribution in [2.45, 2.75) is 25.5 Å². The van der Waals surface area contributed by atoms with E-state index >= 15 is 0 Å². The quantitative estimate of drug-likeness (QED) is 0.739. The Morgan fingerprint density at radius 3 is 2.83 bits per heavy atom. The summed E-state index contributed by atoms with van der Waals surface area (Å²) in [6, 6.07) is 7.67. The van der Waals surface area contributed by atoms with Gasteiger partial charge in [0.05, 0.1) is 18.2 Å². The lowest BCUT2D eigenvalue weighted by Gasteiger charge is -2.11. The van der Waals surface area contributed by atoms with Crippen molar-refractivity contribution in [1.82, 2.24) is 4.98 Å². The predicted molar refractivity (Wildman–Crippen MR) is 76.3 cm³/mol. The van der Waals surface area contributed by atoms with Crippen molar-refractivity contribution in [2.75, 3.05) is 0 Å². The predicted octanol–water partition coefficient (Wildman–Crippen LogP) is 4.81. The second kappa shape index (κ2) is 6.53. The first-order valence-electron chi connectivity index (χ1n) is 5.56. The van der Waals surface area contributed by atoms with Crippen LogP contribution in [0.25, 0.3) is 0 Å².